The molecule has 1 fully saturated rings. The van der Waals surface area contributed by atoms with Crippen molar-refractivity contribution in [3.05, 3.63) is 6.26 Å². The first kappa shape index (κ1) is 9.99. The molecule has 0 atom stereocenters. The first-order valence-electron chi connectivity index (χ1n) is 4.27. The summed E-state index contributed by atoms with van der Waals surface area (Å²) in [7, 11) is -3.28. The maximum Gasteiger partial charge on any atom is 0.157 e. The molecule has 0 aromatic heterocycles. The number of sulfone groups is 1. The van der Waals surface area contributed by atoms with Crippen LogP contribution in [0, 0.1) is 6.26 Å². The van der Waals surface area contributed by atoms with Gasteiger partial charge in [-0.05, 0) is 19.4 Å². The summed E-state index contributed by atoms with van der Waals surface area (Å²) in [5, 5.41) is 0. The predicted molar refractivity (Wildman–Crippen MR) is 48.4 cm³/mol. The second-order valence-electron chi connectivity index (χ2n) is 3.23. The van der Waals surface area contributed by atoms with E-state index >= 15 is 0 Å². The molecule has 0 saturated heterocycles. The van der Waals surface area contributed by atoms with Crippen LogP contribution in [-0.2, 0) is 9.84 Å². The summed E-state index contributed by atoms with van der Waals surface area (Å²) in [5.74, 6) is 0.0807. The lowest BCUT2D eigenvalue weighted by atomic mass is 10.5. The predicted octanol–water partition coefficient (Wildman–Crippen LogP) is 0.554. The number of hydrogen-bond acceptors (Lipinski definition) is 3. The van der Waals surface area contributed by atoms with E-state index in [1.54, 1.807) is 0 Å². The van der Waals surface area contributed by atoms with E-state index in [0.29, 0.717) is 12.6 Å². The minimum Gasteiger partial charge on any atom is -0.300 e. The molecule has 0 amide bonds. The fraction of sp³-hybridized carbons (Fsp3) is 0.875. The molecule has 1 saturated carbocycles. The average molecular weight is 189 g/mol. The second-order valence-corrected chi connectivity index (χ2v) is 4.96. The van der Waals surface area contributed by atoms with Crippen LogP contribution in [0.15, 0.2) is 0 Å². The van der Waals surface area contributed by atoms with Crippen molar-refractivity contribution in [1.29, 1.82) is 0 Å². The van der Waals surface area contributed by atoms with Crippen LogP contribution in [0.25, 0.3) is 0 Å². The van der Waals surface area contributed by atoms with Gasteiger partial charge < -0.3 is 0 Å². The zero-order valence-electron chi connectivity index (χ0n) is 7.36. The SMILES string of the molecule is [CH]S(=O)(=O)CCN(CC)C1CC1. The van der Waals surface area contributed by atoms with Gasteiger partial charge in [0, 0.05) is 12.6 Å². The maximum atomic E-state index is 10.6. The van der Waals surface area contributed by atoms with Gasteiger partial charge in [0.15, 0.2) is 9.84 Å². The Morgan fingerprint density at radius 1 is 1.50 bits per heavy atom. The van der Waals surface area contributed by atoms with Crippen LogP contribution >= 0.6 is 0 Å². The van der Waals surface area contributed by atoms with E-state index in [1.165, 1.54) is 12.8 Å². The van der Waals surface area contributed by atoms with E-state index in [9.17, 15) is 8.42 Å². The van der Waals surface area contributed by atoms with Crippen molar-refractivity contribution in [2.45, 2.75) is 25.8 Å². The Kier molecular flexibility index (Phi) is 3.12. The summed E-state index contributed by atoms with van der Waals surface area (Å²) >= 11 is 0. The Hall–Kier alpha value is -0.0900. The topological polar surface area (TPSA) is 37.4 Å². The van der Waals surface area contributed by atoms with E-state index in [-0.39, 0.29) is 5.75 Å². The monoisotopic (exact) mass is 189 g/mol. The molecular formula is C8H15NO2S. The maximum absolute atomic E-state index is 10.6. The molecule has 2 radical (unpaired) electrons. The van der Waals surface area contributed by atoms with Crippen LogP contribution in [0.3, 0.4) is 0 Å². The minimum atomic E-state index is -3.28. The van der Waals surface area contributed by atoms with Crippen molar-refractivity contribution in [2.75, 3.05) is 18.8 Å². The Labute approximate surface area is 74.7 Å². The molecule has 0 N–H and O–H groups in total. The normalized spacial score (nSPS) is 18.6. The third-order valence-corrected chi connectivity index (χ3v) is 2.88. The minimum absolute atomic E-state index is 0.0807. The molecule has 0 aromatic rings. The zero-order valence-corrected chi connectivity index (χ0v) is 8.18. The molecule has 4 heteroatoms. The van der Waals surface area contributed by atoms with Gasteiger partial charge in [-0.2, -0.15) is 0 Å². The highest BCUT2D eigenvalue weighted by molar-refractivity contribution is 7.92. The Morgan fingerprint density at radius 2 is 2.08 bits per heavy atom. The van der Waals surface area contributed by atoms with Crippen LogP contribution in [0.2, 0.25) is 0 Å². The van der Waals surface area contributed by atoms with Gasteiger partial charge in [0.25, 0.3) is 0 Å². The van der Waals surface area contributed by atoms with Gasteiger partial charge in [0.2, 0.25) is 0 Å². The lowest BCUT2D eigenvalue weighted by Crippen LogP contribution is -2.30. The van der Waals surface area contributed by atoms with E-state index < -0.39 is 9.84 Å². The molecule has 1 rings (SSSR count). The summed E-state index contributed by atoms with van der Waals surface area (Å²) in [6.07, 6.45) is 7.32. The Morgan fingerprint density at radius 3 is 2.42 bits per heavy atom. The summed E-state index contributed by atoms with van der Waals surface area (Å²) in [5.41, 5.74) is 0. The van der Waals surface area contributed by atoms with Gasteiger partial charge in [-0.3, -0.25) is 4.90 Å². The van der Waals surface area contributed by atoms with Crippen LogP contribution in [0.5, 0.6) is 0 Å². The van der Waals surface area contributed by atoms with E-state index in [0.717, 1.165) is 6.54 Å². The quantitative estimate of drug-likeness (QED) is 0.634. The molecule has 0 unspecified atom stereocenters. The molecule has 0 aromatic carbocycles. The lowest BCUT2D eigenvalue weighted by Gasteiger charge is -2.18. The highest BCUT2D eigenvalue weighted by atomic mass is 32.2. The molecule has 0 aliphatic heterocycles. The van der Waals surface area contributed by atoms with Gasteiger partial charge in [-0.1, -0.05) is 6.92 Å². The molecule has 1 aliphatic rings. The van der Waals surface area contributed by atoms with Gasteiger partial charge in [0.1, 0.15) is 0 Å². The third-order valence-electron chi connectivity index (χ3n) is 2.13. The van der Waals surface area contributed by atoms with Crippen molar-refractivity contribution < 1.29 is 8.42 Å². The molecule has 12 heavy (non-hydrogen) atoms. The van der Waals surface area contributed by atoms with Crippen molar-refractivity contribution in [2.24, 2.45) is 0 Å². The van der Waals surface area contributed by atoms with E-state index in [4.69, 9.17) is 6.26 Å². The highest BCUT2D eigenvalue weighted by Gasteiger charge is 2.27. The molecule has 3 nitrogen and oxygen atoms in total. The van der Waals surface area contributed by atoms with Gasteiger partial charge >= 0.3 is 0 Å². The average Bonchev–Trinajstić information content (AvgIpc) is 2.70. The molecule has 0 spiro atoms. The number of rotatable bonds is 5. The van der Waals surface area contributed by atoms with Gasteiger partial charge in [0.05, 0.1) is 12.0 Å². The van der Waals surface area contributed by atoms with Gasteiger partial charge in [-0.15, -0.1) is 0 Å². The number of hydrogen-bond donors (Lipinski definition) is 0. The Balaban J connectivity index is 2.28. The molecular weight excluding hydrogens is 174 g/mol. The molecule has 70 valence electrons. The lowest BCUT2D eigenvalue weighted by molar-refractivity contribution is 0.294. The van der Waals surface area contributed by atoms with Crippen LogP contribution in [-0.4, -0.2) is 38.2 Å². The second kappa shape index (κ2) is 3.75. The van der Waals surface area contributed by atoms with Crippen LogP contribution in [0.1, 0.15) is 19.8 Å². The van der Waals surface area contributed by atoms with Crippen LogP contribution in [0.4, 0.5) is 0 Å². The summed E-state index contributed by atoms with van der Waals surface area (Å²) < 4.78 is 21.3. The summed E-state index contributed by atoms with van der Waals surface area (Å²) in [6, 6.07) is 0.622. The first-order valence-corrected chi connectivity index (χ1v) is 5.99. The number of nitrogens with zero attached hydrogens (tertiary/aromatic N) is 1. The smallest absolute Gasteiger partial charge is 0.157 e. The zero-order chi connectivity index (χ0) is 9.19. The van der Waals surface area contributed by atoms with Crippen molar-refractivity contribution >= 4 is 9.84 Å². The molecule has 0 bridgehead atoms. The standard InChI is InChI=1S/C8H15NO2S/c1-3-9(8-4-5-8)6-7-12(2,10)11/h2,8H,3-7H2,1H3. The van der Waals surface area contributed by atoms with Crippen molar-refractivity contribution in [3.8, 4) is 0 Å². The van der Waals surface area contributed by atoms with Gasteiger partial charge in [-0.25, -0.2) is 8.42 Å². The third kappa shape index (κ3) is 3.54. The Bertz CT molecular complexity index is 231. The first-order chi connectivity index (χ1) is 5.53. The van der Waals surface area contributed by atoms with Crippen molar-refractivity contribution in [3.63, 3.8) is 0 Å². The largest absolute Gasteiger partial charge is 0.300 e. The summed E-state index contributed by atoms with van der Waals surface area (Å²) in [4.78, 5) is 2.17. The van der Waals surface area contributed by atoms with E-state index in [2.05, 4.69) is 4.90 Å². The van der Waals surface area contributed by atoms with E-state index in [1.807, 2.05) is 6.92 Å². The fourth-order valence-electron chi connectivity index (χ4n) is 1.28. The molecule has 0 heterocycles. The van der Waals surface area contributed by atoms with Crippen molar-refractivity contribution in [1.82, 2.24) is 4.90 Å². The summed E-state index contributed by atoms with van der Waals surface area (Å²) in [6.45, 7) is 3.54. The highest BCUT2D eigenvalue weighted by Crippen LogP contribution is 2.26. The fourth-order valence-corrected chi connectivity index (χ4v) is 1.77. The molecule has 1 aliphatic carbocycles. The van der Waals surface area contributed by atoms with Crippen LogP contribution < -0.4 is 0 Å².